The molecule has 19 heavy (non-hydrogen) atoms. The Hall–Kier alpha value is -1.13. The summed E-state index contributed by atoms with van der Waals surface area (Å²) in [7, 11) is 2.03. The molecule has 1 aromatic carbocycles. The van der Waals surface area contributed by atoms with Crippen molar-refractivity contribution in [1.82, 2.24) is 0 Å². The molecule has 1 atom stereocenters. The third-order valence-corrected chi connectivity index (χ3v) is 4.12. The summed E-state index contributed by atoms with van der Waals surface area (Å²) in [5, 5.41) is 0. The Kier molecular flexibility index (Phi) is 3.83. The number of anilines is 1. The summed E-state index contributed by atoms with van der Waals surface area (Å²) < 4.78 is 18.8. The zero-order valence-electron chi connectivity index (χ0n) is 11.9. The van der Waals surface area contributed by atoms with Crippen molar-refractivity contribution in [2.75, 3.05) is 25.1 Å². The molecule has 0 amide bonds. The smallest absolute Gasteiger partial charge is 0.123 e. The fourth-order valence-electron chi connectivity index (χ4n) is 2.99. The Morgan fingerprint density at radius 1 is 1.32 bits per heavy atom. The highest BCUT2D eigenvalue weighted by Crippen LogP contribution is 2.37. The highest BCUT2D eigenvalue weighted by Gasteiger charge is 2.42. The number of ether oxygens (including phenoxy) is 1. The minimum Gasteiger partial charge on any atom is -0.375 e. The molecule has 106 valence electrons. The van der Waals surface area contributed by atoms with Crippen molar-refractivity contribution in [2.24, 2.45) is 5.73 Å². The van der Waals surface area contributed by atoms with Crippen molar-refractivity contribution >= 4 is 5.69 Å². The van der Waals surface area contributed by atoms with Gasteiger partial charge in [-0.1, -0.05) is 0 Å². The molecule has 4 heteroatoms. The van der Waals surface area contributed by atoms with Gasteiger partial charge >= 0.3 is 0 Å². The quantitative estimate of drug-likeness (QED) is 0.913. The molecule has 2 N–H and O–H groups in total. The number of hydrogen-bond acceptors (Lipinski definition) is 3. The van der Waals surface area contributed by atoms with Crippen molar-refractivity contribution in [2.45, 2.75) is 37.8 Å². The number of rotatable bonds is 3. The lowest BCUT2D eigenvalue weighted by Crippen LogP contribution is -2.59. The largest absolute Gasteiger partial charge is 0.375 e. The molecule has 1 aliphatic rings. The van der Waals surface area contributed by atoms with Gasteiger partial charge in [0.15, 0.2) is 0 Å². The summed E-state index contributed by atoms with van der Waals surface area (Å²) in [6, 6.07) is 6.57. The number of likely N-dealkylation sites (N-methyl/N-ethyl adjacent to an activating group) is 1. The van der Waals surface area contributed by atoms with Crippen molar-refractivity contribution < 1.29 is 9.13 Å². The van der Waals surface area contributed by atoms with Crippen LogP contribution >= 0.6 is 0 Å². The van der Waals surface area contributed by atoms with Gasteiger partial charge in [0.05, 0.1) is 11.1 Å². The SMILES string of the molecule is CN(c1ccc(F)cc1)C1(CN)CCOC(C)(C)C1. The van der Waals surface area contributed by atoms with Gasteiger partial charge in [-0.2, -0.15) is 0 Å². The number of nitrogens with zero attached hydrogens (tertiary/aromatic N) is 1. The van der Waals surface area contributed by atoms with Crippen LogP contribution in [-0.2, 0) is 4.74 Å². The molecule has 0 saturated carbocycles. The molecule has 0 aliphatic carbocycles. The molecule has 1 unspecified atom stereocenters. The minimum atomic E-state index is -0.216. The lowest BCUT2D eigenvalue weighted by Gasteiger charge is -2.50. The summed E-state index contributed by atoms with van der Waals surface area (Å²) in [5.74, 6) is -0.216. The van der Waals surface area contributed by atoms with Crippen LogP contribution in [0.1, 0.15) is 26.7 Å². The van der Waals surface area contributed by atoms with Crippen LogP contribution in [-0.4, -0.2) is 31.3 Å². The Morgan fingerprint density at radius 3 is 2.47 bits per heavy atom. The number of nitrogens with two attached hydrogens (primary N) is 1. The van der Waals surface area contributed by atoms with Crippen LogP contribution in [0, 0.1) is 5.82 Å². The van der Waals surface area contributed by atoms with Crippen LogP contribution in [0.5, 0.6) is 0 Å². The monoisotopic (exact) mass is 266 g/mol. The van der Waals surface area contributed by atoms with E-state index in [4.69, 9.17) is 10.5 Å². The third kappa shape index (κ3) is 2.90. The average molecular weight is 266 g/mol. The van der Waals surface area contributed by atoms with E-state index in [1.54, 1.807) is 12.1 Å². The van der Waals surface area contributed by atoms with Gasteiger partial charge in [0, 0.05) is 32.3 Å². The summed E-state index contributed by atoms with van der Waals surface area (Å²) in [5.41, 5.74) is 6.75. The molecular formula is C15H23FN2O. The maximum absolute atomic E-state index is 13.0. The lowest BCUT2D eigenvalue weighted by atomic mass is 9.80. The molecule has 3 nitrogen and oxygen atoms in total. The molecule has 0 aromatic heterocycles. The average Bonchev–Trinajstić information content (AvgIpc) is 2.37. The van der Waals surface area contributed by atoms with E-state index in [1.165, 1.54) is 12.1 Å². The van der Waals surface area contributed by atoms with E-state index in [1.807, 2.05) is 7.05 Å². The molecule has 0 bridgehead atoms. The summed E-state index contributed by atoms with van der Waals surface area (Å²) in [6.07, 6.45) is 1.76. The van der Waals surface area contributed by atoms with E-state index in [9.17, 15) is 4.39 Å². The van der Waals surface area contributed by atoms with E-state index in [0.717, 1.165) is 18.5 Å². The molecule has 1 aliphatic heterocycles. The normalized spacial score (nSPS) is 26.2. The van der Waals surface area contributed by atoms with Crippen molar-refractivity contribution in [3.05, 3.63) is 30.1 Å². The van der Waals surface area contributed by atoms with Crippen LogP contribution in [0.3, 0.4) is 0 Å². The predicted molar refractivity (Wildman–Crippen MR) is 75.9 cm³/mol. The minimum absolute atomic E-state index is 0.125. The van der Waals surface area contributed by atoms with Gasteiger partial charge in [-0.25, -0.2) is 4.39 Å². The zero-order chi connectivity index (χ0) is 14.1. The predicted octanol–water partition coefficient (Wildman–Crippen LogP) is 2.55. The first kappa shape index (κ1) is 14.3. The maximum Gasteiger partial charge on any atom is 0.123 e. The molecule has 1 aromatic rings. The van der Waals surface area contributed by atoms with E-state index >= 15 is 0 Å². The molecule has 1 heterocycles. The molecule has 2 rings (SSSR count). The third-order valence-electron chi connectivity index (χ3n) is 4.12. The van der Waals surface area contributed by atoms with Crippen molar-refractivity contribution in [3.63, 3.8) is 0 Å². The van der Waals surface area contributed by atoms with Crippen molar-refractivity contribution in [3.8, 4) is 0 Å². The first-order valence-electron chi connectivity index (χ1n) is 6.72. The second-order valence-electron chi connectivity index (χ2n) is 6.00. The van der Waals surface area contributed by atoms with Gasteiger partial charge in [-0.05, 0) is 44.5 Å². The van der Waals surface area contributed by atoms with E-state index < -0.39 is 0 Å². The van der Waals surface area contributed by atoms with Crippen molar-refractivity contribution in [1.29, 1.82) is 0 Å². The lowest BCUT2D eigenvalue weighted by molar-refractivity contribution is -0.0786. The maximum atomic E-state index is 13.0. The fraction of sp³-hybridized carbons (Fsp3) is 0.600. The Bertz CT molecular complexity index is 432. The van der Waals surface area contributed by atoms with Gasteiger partial charge in [0.1, 0.15) is 5.82 Å². The van der Waals surface area contributed by atoms with Gasteiger partial charge < -0.3 is 15.4 Å². The number of benzene rings is 1. The van der Waals surface area contributed by atoms with Crippen LogP contribution in [0.4, 0.5) is 10.1 Å². The van der Waals surface area contributed by atoms with Gasteiger partial charge in [0.25, 0.3) is 0 Å². The molecular weight excluding hydrogens is 243 g/mol. The summed E-state index contributed by atoms with van der Waals surface area (Å²) >= 11 is 0. The molecule has 0 radical (unpaired) electrons. The summed E-state index contributed by atoms with van der Waals surface area (Å²) in [4.78, 5) is 2.18. The first-order valence-corrected chi connectivity index (χ1v) is 6.72. The van der Waals surface area contributed by atoms with Crippen LogP contribution < -0.4 is 10.6 Å². The number of hydrogen-bond donors (Lipinski definition) is 1. The van der Waals surface area contributed by atoms with E-state index in [2.05, 4.69) is 18.7 Å². The second kappa shape index (κ2) is 5.10. The van der Waals surface area contributed by atoms with Gasteiger partial charge in [0.2, 0.25) is 0 Å². The van der Waals surface area contributed by atoms with Crippen LogP contribution in [0.15, 0.2) is 24.3 Å². The standard InChI is InChI=1S/C15H23FN2O/c1-14(2)10-15(11-17,8-9-19-14)18(3)13-6-4-12(16)5-7-13/h4-7H,8-11,17H2,1-3H3. The highest BCUT2D eigenvalue weighted by molar-refractivity contribution is 5.48. The first-order chi connectivity index (χ1) is 8.88. The summed E-state index contributed by atoms with van der Waals surface area (Å²) in [6.45, 7) is 5.45. The second-order valence-corrected chi connectivity index (χ2v) is 6.00. The van der Waals surface area contributed by atoms with E-state index in [-0.39, 0.29) is 17.0 Å². The highest BCUT2D eigenvalue weighted by atomic mass is 19.1. The molecule has 1 saturated heterocycles. The van der Waals surface area contributed by atoms with Gasteiger partial charge in [-0.3, -0.25) is 0 Å². The molecule has 1 fully saturated rings. The Labute approximate surface area is 114 Å². The Balaban J connectivity index is 2.27. The van der Waals surface area contributed by atoms with Crippen LogP contribution in [0.25, 0.3) is 0 Å². The van der Waals surface area contributed by atoms with Gasteiger partial charge in [-0.15, -0.1) is 0 Å². The molecule has 0 spiro atoms. The number of halogens is 1. The van der Waals surface area contributed by atoms with Crippen LogP contribution in [0.2, 0.25) is 0 Å². The topological polar surface area (TPSA) is 38.5 Å². The zero-order valence-corrected chi connectivity index (χ0v) is 11.9. The Morgan fingerprint density at radius 2 is 1.95 bits per heavy atom. The fourth-order valence-corrected chi connectivity index (χ4v) is 2.99. The van der Waals surface area contributed by atoms with E-state index in [0.29, 0.717) is 13.2 Å².